The second kappa shape index (κ2) is 3.10. The second-order valence-corrected chi connectivity index (χ2v) is 3.91. The number of rotatable bonds is 0. The van der Waals surface area contributed by atoms with Crippen LogP contribution in [0.1, 0.15) is 5.56 Å². The summed E-state index contributed by atoms with van der Waals surface area (Å²) in [6.45, 7) is 1.96. The smallest absolute Gasteiger partial charge is 0.221 e. The summed E-state index contributed by atoms with van der Waals surface area (Å²) in [4.78, 5) is 11.6. The molecule has 0 aliphatic carbocycles. The van der Waals surface area contributed by atoms with Crippen LogP contribution in [0.4, 0.5) is 0 Å². The number of nitrogens with zero attached hydrogens (tertiary/aromatic N) is 1. The van der Waals surface area contributed by atoms with E-state index < -0.39 is 0 Å². The summed E-state index contributed by atoms with van der Waals surface area (Å²) in [6, 6.07) is 5.69. The van der Waals surface area contributed by atoms with Gasteiger partial charge in [0.05, 0.1) is 10.9 Å². The lowest BCUT2D eigenvalue weighted by atomic mass is 10.1. The van der Waals surface area contributed by atoms with E-state index >= 15 is 0 Å². The molecule has 0 spiro atoms. The van der Waals surface area contributed by atoms with E-state index in [4.69, 9.17) is 0 Å². The van der Waals surface area contributed by atoms with E-state index in [-0.39, 0.29) is 5.43 Å². The Morgan fingerprint density at radius 3 is 3.00 bits per heavy atom. The lowest BCUT2D eigenvalue weighted by molar-refractivity contribution is 1.03. The Hall–Kier alpha value is -0.910. The Bertz CT molecular complexity index is 513. The molecule has 13 heavy (non-hydrogen) atoms. The Morgan fingerprint density at radius 2 is 2.23 bits per heavy atom. The molecule has 0 amide bonds. The molecule has 1 aromatic heterocycles. The molecule has 4 heteroatoms. The highest BCUT2D eigenvalue weighted by atomic mass is 127. The van der Waals surface area contributed by atoms with Crippen molar-refractivity contribution in [1.82, 2.24) is 10.2 Å². The van der Waals surface area contributed by atoms with Crippen LogP contribution in [0.15, 0.2) is 23.0 Å². The maximum absolute atomic E-state index is 11.6. The van der Waals surface area contributed by atoms with E-state index in [1.54, 1.807) is 0 Å². The number of benzene rings is 1. The van der Waals surface area contributed by atoms with Gasteiger partial charge in [0.2, 0.25) is 5.43 Å². The largest absolute Gasteiger partial charge is 0.286 e. The van der Waals surface area contributed by atoms with E-state index in [2.05, 4.69) is 10.2 Å². The molecule has 0 aliphatic heterocycles. The van der Waals surface area contributed by atoms with Gasteiger partial charge in [-0.2, -0.15) is 5.10 Å². The van der Waals surface area contributed by atoms with Crippen LogP contribution in [0.3, 0.4) is 0 Å². The van der Waals surface area contributed by atoms with Crippen LogP contribution in [-0.4, -0.2) is 10.2 Å². The molecule has 0 saturated carbocycles. The molecule has 0 aliphatic rings. The summed E-state index contributed by atoms with van der Waals surface area (Å²) in [5.41, 5.74) is 1.87. The molecule has 1 N–H and O–H groups in total. The van der Waals surface area contributed by atoms with E-state index in [9.17, 15) is 4.79 Å². The molecule has 0 atom stereocenters. The van der Waals surface area contributed by atoms with Crippen molar-refractivity contribution in [1.29, 1.82) is 0 Å². The van der Waals surface area contributed by atoms with Gasteiger partial charge < -0.3 is 0 Å². The molecule has 2 aromatic rings. The Balaban J connectivity index is 2.97. The van der Waals surface area contributed by atoms with Gasteiger partial charge in [-0.1, -0.05) is 11.6 Å². The molecule has 66 valence electrons. The van der Waals surface area contributed by atoms with Crippen molar-refractivity contribution in [3.05, 3.63) is 37.7 Å². The summed E-state index contributed by atoms with van der Waals surface area (Å²) in [6.07, 6.45) is 0. The number of hydrogen-bond donors (Lipinski definition) is 1. The maximum atomic E-state index is 11.6. The van der Waals surface area contributed by atoms with Gasteiger partial charge in [0, 0.05) is 0 Å². The number of aromatic amines is 1. The SMILES string of the molecule is Cc1ccc2[nH]nc(I)c(=O)c2c1. The standard InChI is InChI=1S/C9H7IN2O/c1-5-2-3-7-6(4-5)8(13)9(10)12-11-7/h2-4H,1H3,(H,11,13). The topological polar surface area (TPSA) is 45.8 Å². The molecular weight excluding hydrogens is 279 g/mol. The first kappa shape index (κ1) is 8.68. The third kappa shape index (κ3) is 1.46. The summed E-state index contributed by atoms with van der Waals surface area (Å²) in [5.74, 6) is 0. The predicted octanol–water partition coefficient (Wildman–Crippen LogP) is 1.84. The van der Waals surface area contributed by atoms with Crippen LogP contribution in [0.2, 0.25) is 0 Å². The average Bonchev–Trinajstić information content (AvgIpc) is 2.12. The van der Waals surface area contributed by atoms with Gasteiger partial charge in [-0.3, -0.25) is 9.89 Å². The third-order valence-electron chi connectivity index (χ3n) is 1.88. The summed E-state index contributed by atoms with van der Waals surface area (Å²) >= 11 is 1.93. The number of hydrogen-bond acceptors (Lipinski definition) is 2. The zero-order chi connectivity index (χ0) is 9.42. The Labute approximate surface area is 88.3 Å². The summed E-state index contributed by atoms with van der Waals surface area (Å²) in [5, 5.41) is 7.42. The quantitative estimate of drug-likeness (QED) is 0.751. The lowest BCUT2D eigenvalue weighted by Crippen LogP contribution is -2.09. The highest BCUT2D eigenvalue weighted by Gasteiger charge is 2.02. The van der Waals surface area contributed by atoms with Gasteiger partial charge in [0.15, 0.2) is 3.70 Å². The van der Waals surface area contributed by atoms with Crippen LogP contribution < -0.4 is 5.43 Å². The van der Waals surface area contributed by atoms with Crippen molar-refractivity contribution in [2.45, 2.75) is 6.92 Å². The highest BCUT2D eigenvalue weighted by molar-refractivity contribution is 14.1. The normalized spacial score (nSPS) is 10.6. The van der Waals surface area contributed by atoms with Crippen molar-refractivity contribution in [2.24, 2.45) is 0 Å². The fourth-order valence-electron chi connectivity index (χ4n) is 1.21. The molecule has 0 radical (unpaired) electrons. The molecule has 1 heterocycles. The second-order valence-electron chi connectivity index (χ2n) is 2.89. The van der Waals surface area contributed by atoms with Crippen molar-refractivity contribution in [2.75, 3.05) is 0 Å². The van der Waals surface area contributed by atoms with Gasteiger partial charge in [-0.05, 0) is 41.6 Å². The lowest BCUT2D eigenvalue weighted by Gasteiger charge is -1.98. The average molecular weight is 286 g/mol. The fraction of sp³-hybridized carbons (Fsp3) is 0.111. The molecule has 3 nitrogen and oxygen atoms in total. The van der Waals surface area contributed by atoms with E-state index in [0.717, 1.165) is 11.1 Å². The fourth-order valence-corrected chi connectivity index (χ4v) is 1.63. The van der Waals surface area contributed by atoms with Crippen LogP contribution >= 0.6 is 22.6 Å². The third-order valence-corrected chi connectivity index (χ3v) is 2.61. The maximum Gasteiger partial charge on any atom is 0.221 e. The Kier molecular flexibility index (Phi) is 2.07. The molecular formula is C9H7IN2O. The molecule has 0 bridgehead atoms. The number of halogens is 1. The minimum Gasteiger partial charge on any atom is -0.286 e. The summed E-state index contributed by atoms with van der Waals surface area (Å²) < 4.78 is 0.482. The van der Waals surface area contributed by atoms with E-state index in [1.165, 1.54) is 0 Å². The zero-order valence-electron chi connectivity index (χ0n) is 6.97. The van der Waals surface area contributed by atoms with Crippen LogP contribution in [0, 0.1) is 10.6 Å². The molecule has 2 rings (SSSR count). The summed E-state index contributed by atoms with van der Waals surface area (Å²) in [7, 11) is 0. The minimum atomic E-state index is -0.00181. The first-order valence-electron chi connectivity index (χ1n) is 3.83. The molecule has 0 fully saturated rings. The number of H-pyrrole nitrogens is 1. The van der Waals surface area contributed by atoms with Gasteiger partial charge in [-0.25, -0.2) is 0 Å². The van der Waals surface area contributed by atoms with Crippen molar-refractivity contribution < 1.29 is 0 Å². The van der Waals surface area contributed by atoms with E-state index in [1.807, 2.05) is 47.7 Å². The Morgan fingerprint density at radius 1 is 1.46 bits per heavy atom. The monoisotopic (exact) mass is 286 g/mol. The minimum absolute atomic E-state index is 0.00181. The number of aromatic nitrogens is 2. The number of nitrogens with one attached hydrogen (secondary N) is 1. The van der Waals surface area contributed by atoms with Crippen molar-refractivity contribution in [3.8, 4) is 0 Å². The van der Waals surface area contributed by atoms with Gasteiger partial charge >= 0.3 is 0 Å². The van der Waals surface area contributed by atoms with Crippen molar-refractivity contribution in [3.63, 3.8) is 0 Å². The number of aryl methyl sites for hydroxylation is 1. The van der Waals surface area contributed by atoms with Crippen molar-refractivity contribution >= 4 is 33.5 Å². The van der Waals surface area contributed by atoms with Gasteiger partial charge in [-0.15, -0.1) is 0 Å². The molecule has 1 aromatic carbocycles. The van der Waals surface area contributed by atoms with Gasteiger partial charge in [0.25, 0.3) is 0 Å². The van der Waals surface area contributed by atoms with Gasteiger partial charge in [0.1, 0.15) is 0 Å². The predicted molar refractivity (Wildman–Crippen MR) is 59.8 cm³/mol. The number of fused-ring (bicyclic) bond motifs is 1. The van der Waals surface area contributed by atoms with Crippen LogP contribution in [0.25, 0.3) is 10.9 Å². The molecule has 0 unspecified atom stereocenters. The highest BCUT2D eigenvalue weighted by Crippen LogP contribution is 2.09. The van der Waals surface area contributed by atoms with Crippen LogP contribution in [0.5, 0.6) is 0 Å². The first-order valence-corrected chi connectivity index (χ1v) is 4.91. The first-order chi connectivity index (χ1) is 6.18. The molecule has 0 saturated heterocycles. The zero-order valence-corrected chi connectivity index (χ0v) is 9.12. The van der Waals surface area contributed by atoms with E-state index in [0.29, 0.717) is 9.09 Å². The van der Waals surface area contributed by atoms with Crippen LogP contribution in [-0.2, 0) is 0 Å².